The van der Waals surface area contributed by atoms with Crippen molar-refractivity contribution in [3.8, 4) is 55.6 Å². The van der Waals surface area contributed by atoms with Gasteiger partial charge in [0, 0.05) is 17.1 Å². The second kappa shape index (κ2) is 13.3. The van der Waals surface area contributed by atoms with Gasteiger partial charge in [-0.1, -0.05) is 177 Å². The molecule has 1 aliphatic carbocycles. The number of rotatable bonds is 8. The van der Waals surface area contributed by atoms with Gasteiger partial charge in [0.1, 0.15) is 0 Å². The van der Waals surface area contributed by atoms with Crippen LogP contribution >= 0.6 is 0 Å². The Labute approximate surface area is 322 Å². The predicted molar refractivity (Wildman–Crippen MR) is 237 cm³/mol. The van der Waals surface area contributed by atoms with E-state index in [2.05, 4.69) is 206 Å². The van der Waals surface area contributed by atoms with E-state index >= 15 is 0 Å². The molecule has 9 aromatic carbocycles. The van der Waals surface area contributed by atoms with Gasteiger partial charge in [0.05, 0.1) is 0 Å². The molecule has 0 aliphatic heterocycles. The number of hydrogen-bond donors (Lipinski definition) is 0. The molecule has 0 bridgehead atoms. The molecule has 0 aromatic heterocycles. The Bertz CT molecular complexity index is 2760. The lowest BCUT2D eigenvalue weighted by atomic mass is 9.82. The first-order valence-corrected chi connectivity index (χ1v) is 18.8. The van der Waals surface area contributed by atoms with Crippen molar-refractivity contribution in [2.24, 2.45) is 0 Å². The van der Waals surface area contributed by atoms with Crippen molar-refractivity contribution in [1.29, 1.82) is 0 Å². The van der Waals surface area contributed by atoms with E-state index in [-0.39, 0.29) is 0 Å². The van der Waals surface area contributed by atoms with Crippen LogP contribution in [0.4, 0.5) is 17.1 Å². The van der Waals surface area contributed by atoms with Gasteiger partial charge in [0.15, 0.2) is 0 Å². The lowest BCUT2D eigenvalue weighted by molar-refractivity contribution is 1.28. The van der Waals surface area contributed by atoms with Gasteiger partial charge in [0.25, 0.3) is 0 Å². The summed E-state index contributed by atoms with van der Waals surface area (Å²) < 4.78 is 0. The van der Waals surface area contributed by atoms with Gasteiger partial charge >= 0.3 is 0 Å². The molecule has 0 radical (unpaired) electrons. The molecule has 9 aromatic rings. The Hall–Kier alpha value is -7.22. The van der Waals surface area contributed by atoms with Crippen molar-refractivity contribution in [3.05, 3.63) is 212 Å². The van der Waals surface area contributed by atoms with E-state index in [9.17, 15) is 0 Å². The monoisotopic (exact) mass is 699 g/mol. The molecule has 258 valence electrons. The quantitative estimate of drug-likeness (QED) is 0.153. The Morgan fingerprint density at radius 1 is 0.309 bits per heavy atom. The summed E-state index contributed by atoms with van der Waals surface area (Å²) in [6.07, 6.45) is 3.76. The minimum absolute atomic E-state index is 1.09. The zero-order chi connectivity index (χ0) is 36.9. The topological polar surface area (TPSA) is 3.24 Å². The summed E-state index contributed by atoms with van der Waals surface area (Å²) in [5.41, 5.74) is 18.1. The van der Waals surface area contributed by atoms with Gasteiger partial charge in [-0.3, -0.25) is 0 Å². The van der Waals surface area contributed by atoms with E-state index in [0.717, 1.165) is 28.2 Å². The van der Waals surface area contributed by atoms with Crippen LogP contribution in [-0.2, 0) is 0 Å². The molecule has 55 heavy (non-hydrogen) atoms. The molecule has 0 N–H and O–H groups in total. The summed E-state index contributed by atoms with van der Waals surface area (Å²) in [6.45, 7) is 7.91. The van der Waals surface area contributed by atoms with Crippen molar-refractivity contribution in [2.75, 3.05) is 4.90 Å². The summed E-state index contributed by atoms with van der Waals surface area (Å²) in [5, 5.41) is 5.12. The van der Waals surface area contributed by atoms with Crippen LogP contribution in [0.5, 0.6) is 0 Å². The average Bonchev–Trinajstić information content (AvgIpc) is 3.59. The van der Waals surface area contributed by atoms with Crippen molar-refractivity contribution in [2.45, 2.75) is 0 Å². The minimum atomic E-state index is 1.09. The van der Waals surface area contributed by atoms with Crippen LogP contribution in [0.2, 0.25) is 0 Å². The Morgan fingerprint density at radius 3 is 1.22 bits per heavy atom. The maximum atomic E-state index is 3.95. The lowest BCUT2D eigenvalue weighted by Crippen LogP contribution is -2.09. The van der Waals surface area contributed by atoms with Crippen molar-refractivity contribution in [3.63, 3.8) is 0 Å². The molecule has 0 atom stereocenters. The first kappa shape index (κ1) is 32.4. The normalized spacial score (nSPS) is 11.4. The maximum Gasteiger partial charge on any atom is 0.0462 e. The fourth-order valence-electron chi connectivity index (χ4n) is 8.62. The van der Waals surface area contributed by atoms with E-state index in [4.69, 9.17) is 0 Å². The van der Waals surface area contributed by atoms with Crippen LogP contribution in [-0.4, -0.2) is 0 Å². The highest BCUT2D eigenvalue weighted by atomic mass is 15.1. The summed E-state index contributed by atoms with van der Waals surface area (Å²) in [6, 6.07) is 68.4. The Balaban J connectivity index is 1.16. The van der Waals surface area contributed by atoms with E-state index in [1.807, 2.05) is 12.2 Å². The summed E-state index contributed by atoms with van der Waals surface area (Å²) in [7, 11) is 0. The molecule has 1 heteroatoms. The van der Waals surface area contributed by atoms with Gasteiger partial charge in [-0.25, -0.2) is 0 Å². The SMILES string of the molecule is C=Cc1ccc(N(c2ccc(C=C)cc2)c2ccc(-c3ccc4c5c(cccc35)-c3c-4c(-c4ccccc4)c4ccccc4c3-c3ccccc3)cc2)cc1. The molecule has 1 aliphatic rings. The molecule has 0 spiro atoms. The predicted octanol–water partition coefficient (Wildman–Crippen LogP) is 15.4. The number of hydrogen-bond acceptors (Lipinski definition) is 1. The molecular formula is C54H37N. The van der Waals surface area contributed by atoms with E-state index in [1.165, 1.54) is 77.2 Å². The number of anilines is 3. The fourth-order valence-corrected chi connectivity index (χ4v) is 8.62. The largest absolute Gasteiger partial charge is 0.311 e. The van der Waals surface area contributed by atoms with Gasteiger partial charge in [-0.15, -0.1) is 0 Å². The van der Waals surface area contributed by atoms with Gasteiger partial charge in [-0.05, 0) is 125 Å². The highest BCUT2D eigenvalue weighted by Crippen LogP contribution is 2.58. The number of fused-ring (bicyclic) bond motifs is 4. The molecule has 0 saturated heterocycles. The molecule has 1 nitrogen and oxygen atoms in total. The van der Waals surface area contributed by atoms with E-state index < -0.39 is 0 Å². The first-order valence-electron chi connectivity index (χ1n) is 18.8. The molecule has 0 saturated carbocycles. The third-order valence-electron chi connectivity index (χ3n) is 11.1. The third kappa shape index (κ3) is 5.32. The van der Waals surface area contributed by atoms with Crippen LogP contribution in [0, 0.1) is 0 Å². The molecule has 0 unspecified atom stereocenters. The second-order valence-corrected chi connectivity index (χ2v) is 14.1. The third-order valence-corrected chi connectivity index (χ3v) is 11.1. The van der Waals surface area contributed by atoms with Crippen molar-refractivity contribution < 1.29 is 0 Å². The maximum absolute atomic E-state index is 3.95. The molecule has 0 amide bonds. The molecule has 0 heterocycles. The molecular weight excluding hydrogens is 663 g/mol. The van der Waals surface area contributed by atoms with Gasteiger partial charge < -0.3 is 4.90 Å². The van der Waals surface area contributed by atoms with Crippen LogP contribution in [0.25, 0.3) is 89.3 Å². The standard InChI is InChI=1S/C54H37N/c1-3-36-22-28-41(29-23-36)55(42-30-24-37(4-2)25-31-42)43-32-26-38(27-33-43)44-34-35-49-52-45(44)20-13-21-48(52)53-50(39-14-7-5-8-15-39)46-18-11-12-19-47(46)51(54(49)53)40-16-9-6-10-17-40/h3-35H,1-2H2. The number of nitrogens with zero attached hydrogens (tertiary/aromatic N) is 1. The molecule has 10 rings (SSSR count). The van der Waals surface area contributed by atoms with Crippen LogP contribution < -0.4 is 4.90 Å². The highest BCUT2D eigenvalue weighted by Gasteiger charge is 2.31. The summed E-state index contributed by atoms with van der Waals surface area (Å²) in [5.74, 6) is 0. The van der Waals surface area contributed by atoms with Crippen LogP contribution in [0.1, 0.15) is 11.1 Å². The second-order valence-electron chi connectivity index (χ2n) is 14.1. The van der Waals surface area contributed by atoms with E-state index in [1.54, 1.807) is 0 Å². The Morgan fingerprint density at radius 2 is 0.727 bits per heavy atom. The summed E-state index contributed by atoms with van der Waals surface area (Å²) in [4.78, 5) is 2.30. The average molecular weight is 700 g/mol. The first-order chi connectivity index (χ1) is 27.2. The van der Waals surface area contributed by atoms with Crippen LogP contribution in [0.15, 0.2) is 201 Å². The van der Waals surface area contributed by atoms with Crippen molar-refractivity contribution in [1.82, 2.24) is 0 Å². The fraction of sp³-hybridized carbons (Fsp3) is 0. The lowest BCUT2D eigenvalue weighted by Gasteiger charge is -2.26. The van der Waals surface area contributed by atoms with E-state index in [0.29, 0.717) is 0 Å². The molecule has 0 fully saturated rings. The summed E-state index contributed by atoms with van der Waals surface area (Å²) >= 11 is 0. The zero-order valence-electron chi connectivity index (χ0n) is 30.4. The Kier molecular flexibility index (Phi) is 7.86. The minimum Gasteiger partial charge on any atom is -0.311 e. The zero-order valence-corrected chi connectivity index (χ0v) is 30.4. The van der Waals surface area contributed by atoms with Crippen LogP contribution in [0.3, 0.4) is 0 Å². The highest BCUT2D eigenvalue weighted by molar-refractivity contribution is 6.28. The smallest absolute Gasteiger partial charge is 0.0462 e. The number of benzene rings is 9. The van der Waals surface area contributed by atoms with Gasteiger partial charge in [0.2, 0.25) is 0 Å². The van der Waals surface area contributed by atoms with Crippen molar-refractivity contribution >= 4 is 50.8 Å². The van der Waals surface area contributed by atoms with Gasteiger partial charge in [-0.2, -0.15) is 0 Å².